The van der Waals surface area contributed by atoms with Gasteiger partial charge in [-0.1, -0.05) is 23.7 Å². The maximum absolute atomic E-state index is 14.0. The van der Waals surface area contributed by atoms with Gasteiger partial charge in [-0.25, -0.2) is 4.39 Å². The first-order chi connectivity index (χ1) is 10.0. The molecule has 0 radical (unpaired) electrons. The van der Waals surface area contributed by atoms with Crippen LogP contribution in [-0.2, 0) is 11.3 Å². The van der Waals surface area contributed by atoms with Gasteiger partial charge in [0.25, 0.3) is 0 Å². The van der Waals surface area contributed by atoms with E-state index in [0.29, 0.717) is 24.2 Å². The van der Waals surface area contributed by atoms with Crippen molar-refractivity contribution in [3.05, 3.63) is 34.6 Å². The minimum Gasteiger partial charge on any atom is -0.481 e. The number of carboxylic acids is 1. The van der Waals surface area contributed by atoms with E-state index in [0.717, 1.165) is 25.7 Å². The summed E-state index contributed by atoms with van der Waals surface area (Å²) >= 11 is 5.84. The molecule has 0 aliphatic carbocycles. The molecule has 2 heterocycles. The largest absolute Gasteiger partial charge is 0.481 e. The van der Waals surface area contributed by atoms with E-state index in [9.17, 15) is 9.18 Å². The second-order valence-corrected chi connectivity index (χ2v) is 6.61. The number of aliphatic carboxylic acids is 1. The van der Waals surface area contributed by atoms with E-state index in [2.05, 4.69) is 4.90 Å². The number of piperidine rings is 1. The van der Waals surface area contributed by atoms with Gasteiger partial charge in [0, 0.05) is 30.6 Å². The zero-order chi connectivity index (χ0) is 15.0. The van der Waals surface area contributed by atoms with Gasteiger partial charge < -0.3 is 5.11 Å². The van der Waals surface area contributed by atoms with Crippen molar-refractivity contribution < 1.29 is 14.3 Å². The molecule has 2 bridgehead atoms. The maximum atomic E-state index is 14.0. The van der Waals surface area contributed by atoms with Crippen molar-refractivity contribution >= 4 is 17.6 Å². The molecule has 1 aromatic rings. The summed E-state index contributed by atoms with van der Waals surface area (Å²) < 4.78 is 14.0. The van der Waals surface area contributed by atoms with Gasteiger partial charge in [-0.15, -0.1) is 0 Å². The Kier molecular flexibility index (Phi) is 4.18. The van der Waals surface area contributed by atoms with Crippen molar-refractivity contribution in [1.29, 1.82) is 0 Å². The number of fused-ring (bicyclic) bond motifs is 2. The quantitative estimate of drug-likeness (QED) is 0.922. The van der Waals surface area contributed by atoms with Crippen molar-refractivity contribution in [3.63, 3.8) is 0 Å². The fraction of sp³-hybridized carbons (Fsp3) is 0.562. The van der Waals surface area contributed by atoms with Gasteiger partial charge in [-0.05, 0) is 37.7 Å². The molecular formula is C16H19ClFNO2. The van der Waals surface area contributed by atoms with Gasteiger partial charge in [-0.2, -0.15) is 0 Å². The number of hydrogen-bond donors (Lipinski definition) is 1. The molecule has 3 nitrogen and oxygen atoms in total. The Balaban J connectivity index is 1.71. The minimum atomic E-state index is -0.714. The first kappa shape index (κ1) is 14.8. The summed E-state index contributed by atoms with van der Waals surface area (Å²) in [5.41, 5.74) is 0.635. The van der Waals surface area contributed by atoms with E-state index in [4.69, 9.17) is 16.7 Å². The second kappa shape index (κ2) is 5.93. The van der Waals surface area contributed by atoms with Crippen LogP contribution < -0.4 is 0 Å². The van der Waals surface area contributed by atoms with Crippen LogP contribution in [0.15, 0.2) is 18.2 Å². The molecule has 3 rings (SSSR count). The average Bonchev–Trinajstić information content (AvgIpc) is 2.66. The number of carboxylic acid groups (broad SMARTS) is 1. The SMILES string of the molecule is O=C(O)CC1CC2CCC(C1)N2Cc1cccc(Cl)c1F. The number of benzene rings is 1. The van der Waals surface area contributed by atoms with Crippen LogP contribution in [0.25, 0.3) is 0 Å². The molecule has 2 aliphatic rings. The molecule has 0 saturated carbocycles. The fourth-order valence-electron chi connectivity index (χ4n) is 3.93. The molecular weight excluding hydrogens is 293 g/mol. The summed E-state index contributed by atoms with van der Waals surface area (Å²) in [6.45, 7) is 0.571. The van der Waals surface area contributed by atoms with E-state index < -0.39 is 5.97 Å². The van der Waals surface area contributed by atoms with Crippen molar-refractivity contribution in [2.24, 2.45) is 5.92 Å². The van der Waals surface area contributed by atoms with Gasteiger partial charge in [0.2, 0.25) is 0 Å². The normalized spacial score (nSPS) is 28.8. The summed E-state index contributed by atoms with van der Waals surface area (Å²) in [5, 5.41) is 9.12. The second-order valence-electron chi connectivity index (χ2n) is 6.21. The standard InChI is InChI=1S/C16H19ClFNO2/c17-14-3-1-2-11(16(14)18)9-19-12-4-5-13(19)7-10(6-12)8-15(20)21/h1-3,10,12-13H,4-9H2,(H,20,21). The molecule has 2 saturated heterocycles. The zero-order valence-corrected chi connectivity index (χ0v) is 12.5. The Morgan fingerprint density at radius 3 is 2.62 bits per heavy atom. The van der Waals surface area contributed by atoms with Gasteiger partial charge in [0.1, 0.15) is 5.82 Å². The molecule has 2 atom stereocenters. The third-order valence-corrected chi connectivity index (χ3v) is 5.12. The highest BCUT2D eigenvalue weighted by Crippen LogP contribution is 2.41. The molecule has 2 fully saturated rings. The highest BCUT2D eigenvalue weighted by Gasteiger charge is 2.41. The summed E-state index contributed by atoms with van der Waals surface area (Å²) in [7, 11) is 0. The third-order valence-electron chi connectivity index (χ3n) is 4.83. The Morgan fingerprint density at radius 2 is 2.00 bits per heavy atom. The van der Waals surface area contributed by atoms with Crippen molar-refractivity contribution in [1.82, 2.24) is 4.90 Å². The minimum absolute atomic E-state index is 0.167. The fourth-order valence-corrected chi connectivity index (χ4v) is 4.12. The molecule has 5 heteroatoms. The van der Waals surface area contributed by atoms with E-state index in [-0.39, 0.29) is 23.2 Å². The first-order valence-corrected chi connectivity index (χ1v) is 7.83. The van der Waals surface area contributed by atoms with Crippen LogP contribution in [-0.4, -0.2) is 28.1 Å². The van der Waals surface area contributed by atoms with Crippen LogP contribution in [0.5, 0.6) is 0 Å². The van der Waals surface area contributed by atoms with Crippen LogP contribution in [0.4, 0.5) is 4.39 Å². The first-order valence-electron chi connectivity index (χ1n) is 7.45. The van der Waals surface area contributed by atoms with Gasteiger partial charge >= 0.3 is 5.97 Å². The van der Waals surface area contributed by atoms with E-state index >= 15 is 0 Å². The third kappa shape index (κ3) is 3.06. The molecule has 0 spiro atoms. The molecule has 0 aromatic heterocycles. The predicted molar refractivity (Wildman–Crippen MR) is 78.7 cm³/mol. The Labute approximate surface area is 128 Å². The summed E-state index contributed by atoms with van der Waals surface area (Å²) in [5.74, 6) is -0.777. The Bertz CT molecular complexity index is 537. The summed E-state index contributed by atoms with van der Waals surface area (Å²) in [6.07, 6.45) is 4.24. The molecule has 2 unspecified atom stereocenters. The Hall–Kier alpha value is -1.13. The number of nitrogens with zero attached hydrogens (tertiary/aromatic N) is 1. The van der Waals surface area contributed by atoms with Gasteiger partial charge in [0.15, 0.2) is 0 Å². The highest BCUT2D eigenvalue weighted by molar-refractivity contribution is 6.30. The molecule has 114 valence electrons. The topological polar surface area (TPSA) is 40.5 Å². The van der Waals surface area contributed by atoms with Crippen molar-refractivity contribution in [3.8, 4) is 0 Å². The van der Waals surface area contributed by atoms with Crippen LogP contribution in [0, 0.1) is 11.7 Å². The number of hydrogen-bond acceptors (Lipinski definition) is 2. The summed E-state index contributed by atoms with van der Waals surface area (Å²) in [4.78, 5) is 13.2. The highest BCUT2D eigenvalue weighted by atomic mass is 35.5. The maximum Gasteiger partial charge on any atom is 0.303 e. The van der Waals surface area contributed by atoms with Crippen LogP contribution in [0.3, 0.4) is 0 Å². The lowest BCUT2D eigenvalue weighted by atomic mass is 9.88. The smallest absolute Gasteiger partial charge is 0.303 e. The Morgan fingerprint density at radius 1 is 1.33 bits per heavy atom. The number of carbonyl (C=O) groups is 1. The summed E-state index contributed by atoms with van der Waals surface area (Å²) in [6, 6.07) is 5.88. The van der Waals surface area contributed by atoms with Crippen molar-refractivity contribution in [2.45, 2.75) is 50.7 Å². The molecule has 1 N–H and O–H groups in total. The molecule has 1 aromatic carbocycles. The zero-order valence-electron chi connectivity index (χ0n) is 11.8. The van der Waals surface area contributed by atoms with Gasteiger partial charge in [0.05, 0.1) is 5.02 Å². The van der Waals surface area contributed by atoms with E-state index in [1.54, 1.807) is 18.2 Å². The number of halogens is 2. The monoisotopic (exact) mass is 311 g/mol. The lowest BCUT2D eigenvalue weighted by Gasteiger charge is -2.38. The molecule has 0 amide bonds. The van der Waals surface area contributed by atoms with E-state index in [1.165, 1.54) is 0 Å². The van der Waals surface area contributed by atoms with Crippen LogP contribution in [0.1, 0.15) is 37.7 Å². The molecule has 2 aliphatic heterocycles. The molecule has 21 heavy (non-hydrogen) atoms. The van der Waals surface area contributed by atoms with Crippen molar-refractivity contribution in [2.75, 3.05) is 0 Å². The lowest BCUT2D eigenvalue weighted by molar-refractivity contribution is -0.138. The number of rotatable bonds is 4. The van der Waals surface area contributed by atoms with Gasteiger partial charge in [-0.3, -0.25) is 9.69 Å². The average molecular weight is 312 g/mol. The van der Waals surface area contributed by atoms with Crippen LogP contribution in [0.2, 0.25) is 5.02 Å². The lowest BCUT2D eigenvalue weighted by Crippen LogP contribution is -2.42. The van der Waals surface area contributed by atoms with Crippen LogP contribution >= 0.6 is 11.6 Å². The van der Waals surface area contributed by atoms with E-state index in [1.807, 2.05) is 0 Å². The predicted octanol–water partition coefficient (Wildman–Crippen LogP) is 3.70.